The van der Waals surface area contributed by atoms with E-state index in [2.05, 4.69) is 15.3 Å². The summed E-state index contributed by atoms with van der Waals surface area (Å²) in [7, 11) is 1.93. The van der Waals surface area contributed by atoms with Crippen LogP contribution in [0.3, 0.4) is 0 Å². The maximum Gasteiger partial charge on any atom is 0.236 e. The predicted octanol–water partition coefficient (Wildman–Crippen LogP) is 0.0683. The molecule has 2 heterocycles. The molecule has 20 heavy (non-hydrogen) atoms. The van der Waals surface area contributed by atoms with Crippen molar-refractivity contribution in [3.63, 3.8) is 0 Å². The first-order chi connectivity index (χ1) is 9.72. The van der Waals surface area contributed by atoms with Gasteiger partial charge in [0.05, 0.1) is 18.4 Å². The van der Waals surface area contributed by atoms with Crippen molar-refractivity contribution < 1.29 is 4.79 Å². The standard InChI is InChI=1S/C14H23N5O/c1-17-11-13(9-16-17)18-4-6-19(7-5-18)14(20)10-15-8-12-2-3-12/h9,11-12,15H,2-8,10H2,1H3. The Kier molecular flexibility index (Phi) is 3.91. The third-order valence-electron chi connectivity index (χ3n) is 4.09. The summed E-state index contributed by atoms with van der Waals surface area (Å²) < 4.78 is 1.81. The van der Waals surface area contributed by atoms with Gasteiger partial charge in [0.15, 0.2) is 0 Å². The number of hydrogen-bond acceptors (Lipinski definition) is 4. The topological polar surface area (TPSA) is 53.4 Å². The van der Waals surface area contributed by atoms with E-state index >= 15 is 0 Å². The quantitative estimate of drug-likeness (QED) is 0.827. The summed E-state index contributed by atoms with van der Waals surface area (Å²) >= 11 is 0. The van der Waals surface area contributed by atoms with Gasteiger partial charge in [0.1, 0.15) is 0 Å². The molecule has 1 aliphatic heterocycles. The zero-order chi connectivity index (χ0) is 13.9. The van der Waals surface area contributed by atoms with Crippen molar-refractivity contribution in [3.05, 3.63) is 12.4 Å². The second-order valence-corrected chi connectivity index (χ2v) is 5.81. The van der Waals surface area contributed by atoms with E-state index in [1.165, 1.54) is 12.8 Å². The van der Waals surface area contributed by atoms with Crippen LogP contribution in [0.1, 0.15) is 12.8 Å². The highest BCUT2D eigenvalue weighted by molar-refractivity contribution is 5.78. The van der Waals surface area contributed by atoms with E-state index in [0.29, 0.717) is 6.54 Å². The SMILES string of the molecule is Cn1cc(N2CCN(C(=O)CNCC3CC3)CC2)cn1. The number of nitrogens with zero attached hydrogens (tertiary/aromatic N) is 4. The number of rotatable bonds is 5. The van der Waals surface area contributed by atoms with Gasteiger partial charge in [0, 0.05) is 39.4 Å². The number of aromatic nitrogens is 2. The van der Waals surface area contributed by atoms with Gasteiger partial charge in [-0.05, 0) is 25.3 Å². The maximum atomic E-state index is 12.1. The summed E-state index contributed by atoms with van der Waals surface area (Å²) in [6.07, 6.45) is 6.55. The minimum Gasteiger partial charge on any atom is -0.365 e. The monoisotopic (exact) mass is 277 g/mol. The van der Waals surface area contributed by atoms with Crippen LogP contribution < -0.4 is 10.2 Å². The average molecular weight is 277 g/mol. The van der Waals surface area contributed by atoms with Crippen molar-refractivity contribution >= 4 is 11.6 Å². The molecule has 0 radical (unpaired) electrons. The Hall–Kier alpha value is -1.56. The van der Waals surface area contributed by atoms with Crippen LogP contribution in [0.25, 0.3) is 0 Å². The van der Waals surface area contributed by atoms with Crippen LogP contribution in [-0.2, 0) is 11.8 Å². The van der Waals surface area contributed by atoms with Gasteiger partial charge in [-0.25, -0.2) is 0 Å². The highest BCUT2D eigenvalue weighted by Gasteiger charge is 2.23. The number of hydrogen-bond donors (Lipinski definition) is 1. The van der Waals surface area contributed by atoms with Gasteiger partial charge in [-0.3, -0.25) is 9.48 Å². The number of carbonyl (C=O) groups is 1. The fraction of sp³-hybridized carbons (Fsp3) is 0.714. The first-order valence-corrected chi connectivity index (χ1v) is 7.44. The van der Waals surface area contributed by atoms with Gasteiger partial charge < -0.3 is 15.1 Å². The fourth-order valence-electron chi connectivity index (χ4n) is 2.60. The van der Waals surface area contributed by atoms with Gasteiger partial charge in [-0.15, -0.1) is 0 Å². The van der Waals surface area contributed by atoms with Gasteiger partial charge in [-0.1, -0.05) is 0 Å². The lowest BCUT2D eigenvalue weighted by Crippen LogP contribution is -2.51. The molecule has 0 bridgehead atoms. The van der Waals surface area contributed by atoms with E-state index < -0.39 is 0 Å². The zero-order valence-electron chi connectivity index (χ0n) is 12.1. The molecule has 1 amide bonds. The molecule has 0 aromatic carbocycles. The zero-order valence-corrected chi connectivity index (χ0v) is 12.1. The van der Waals surface area contributed by atoms with Crippen LogP contribution in [0.15, 0.2) is 12.4 Å². The Morgan fingerprint density at radius 1 is 1.35 bits per heavy atom. The van der Waals surface area contributed by atoms with Crippen LogP contribution in [0.2, 0.25) is 0 Å². The summed E-state index contributed by atoms with van der Waals surface area (Å²) in [5.41, 5.74) is 1.14. The van der Waals surface area contributed by atoms with Crippen LogP contribution >= 0.6 is 0 Å². The molecular weight excluding hydrogens is 254 g/mol. The van der Waals surface area contributed by atoms with Gasteiger partial charge in [0.25, 0.3) is 0 Å². The molecule has 1 saturated heterocycles. The number of amides is 1. The number of nitrogens with one attached hydrogen (secondary N) is 1. The highest BCUT2D eigenvalue weighted by atomic mass is 16.2. The van der Waals surface area contributed by atoms with Crippen LogP contribution in [0.4, 0.5) is 5.69 Å². The third kappa shape index (κ3) is 3.30. The summed E-state index contributed by atoms with van der Waals surface area (Å²) in [5.74, 6) is 1.06. The molecule has 1 aromatic heterocycles. The number of carbonyl (C=O) groups excluding carboxylic acids is 1. The third-order valence-corrected chi connectivity index (χ3v) is 4.09. The van der Waals surface area contributed by atoms with Crippen molar-refractivity contribution in [3.8, 4) is 0 Å². The van der Waals surface area contributed by atoms with Crippen molar-refractivity contribution in [2.24, 2.45) is 13.0 Å². The number of anilines is 1. The average Bonchev–Trinajstić information content (AvgIpc) is 3.18. The molecule has 2 aliphatic rings. The van der Waals surface area contributed by atoms with Crippen LogP contribution in [0.5, 0.6) is 0 Å². The molecule has 6 heteroatoms. The smallest absolute Gasteiger partial charge is 0.236 e. The highest BCUT2D eigenvalue weighted by Crippen LogP contribution is 2.27. The largest absolute Gasteiger partial charge is 0.365 e. The predicted molar refractivity (Wildman–Crippen MR) is 77.6 cm³/mol. The molecule has 110 valence electrons. The number of piperazine rings is 1. The molecule has 1 N–H and O–H groups in total. The van der Waals surface area contributed by atoms with Crippen LogP contribution in [-0.4, -0.2) is 59.9 Å². The van der Waals surface area contributed by atoms with E-state index in [1.54, 1.807) is 0 Å². The lowest BCUT2D eigenvalue weighted by Gasteiger charge is -2.35. The van der Waals surface area contributed by atoms with Crippen molar-refractivity contribution in [1.29, 1.82) is 0 Å². The Morgan fingerprint density at radius 2 is 2.10 bits per heavy atom. The molecule has 6 nitrogen and oxygen atoms in total. The maximum absolute atomic E-state index is 12.1. The molecule has 3 rings (SSSR count). The Morgan fingerprint density at radius 3 is 2.70 bits per heavy atom. The summed E-state index contributed by atoms with van der Waals surface area (Å²) in [6.45, 7) is 4.88. The minimum atomic E-state index is 0.233. The molecule has 1 aliphatic carbocycles. The van der Waals surface area contributed by atoms with Gasteiger partial charge in [0.2, 0.25) is 5.91 Å². The fourth-order valence-corrected chi connectivity index (χ4v) is 2.60. The minimum absolute atomic E-state index is 0.233. The summed E-state index contributed by atoms with van der Waals surface area (Å²) in [5, 5.41) is 7.47. The van der Waals surface area contributed by atoms with E-state index in [-0.39, 0.29) is 5.91 Å². The van der Waals surface area contributed by atoms with Crippen molar-refractivity contribution in [2.75, 3.05) is 44.2 Å². The van der Waals surface area contributed by atoms with E-state index in [1.807, 2.05) is 29.0 Å². The van der Waals surface area contributed by atoms with E-state index in [4.69, 9.17) is 0 Å². The molecule has 0 atom stereocenters. The van der Waals surface area contributed by atoms with Crippen LogP contribution in [0, 0.1) is 5.92 Å². The van der Waals surface area contributed by atoms with Crippen molar-refractivity contribution in [1.82, 2.24) is 20.0 Å². The molecule has 1 aromatic rings. The molecule has 1 saturated carbocycles. The molecular formula is C14H23N5O. The van der Waals surface area contributed by atoms with Gasteiger partial charge in [-0.2, -0.15) is 5.10 Å². The van der Waals surface area contributed by atoms with E-state index in [0.717, 1.165) is 44.3 Å². The first-order valence-electron chi connectivity index (χ1n) is 7.44. The normalized spacial score (nSPS) is 19.4. The molecule has 2 fully saturated rings. The van der Waals surface area contributed by atoms with Gasteiger partial charge >= 0.3 is 0 Å². The molecule has 0 spiro atoms. The van der Waals surface area contributed by atoms with E-state index in [9.17, 15) is 4.79 Å². The Balaban J connectivity index is 1.41. The lowest BCUT2D eigenvalue weighted by atomic mass is 10.3. The first kappa shape index (κ1) is 13.4. The summed E-state index contributed by atoms with van der Waals surface area (Å²) in [6, 6.07) is 0. The second-order valence-electron chi connectivity index (χ2n) is 5.81. The second kappa shape index (κ2) is 5.83. The Labute approximate surface area is 119 Å². The summed E-state index contributed by atoms with van der Waals surface area (Å²) in [4.78, 5) is 16.3. The number of aryl methyl sites for hydroxylation is 1. The van der Waals surface area contributed by atoms with Crippen molar-refractivity contribution in [2.45, 2.75) is 12.8 Å². The lowest BCUT2D eigenvalue weighted by molar-refractivity contribution is -0.130. The Bertz CT molecular complexity index is 460. The molecule has 0 unspecified atom stereocenters.